The fraction of sp³-hybridized carbons (Fsp3) is 0.500. The van der Waals surface area contributed by atoms with Gasteiger partial charge in [0.1, 0.15) is 5.76 Å². The van der Waals surface area contributed by atoms with Gasteiger partial charge in [0.25, 0.3) is 0 Å². The van der Waals surface area contributed by atoms with Crippen LogP contribution in [0.3, 0.4) is 0 Å². The average Bonchev–Trinajstić information content (AvgIpc) is 3.33. The second-order valence-electron chi connectivity index (χ2n) is 6.86. The summed E-state index contributed by atoms with van der Waals surface area (Å²) in [4.78, 5) is 14.4. The number of allylic oxidation sites excluding steroid dienone is 1. The van der Waals surface area contributed by atoms with Crippen molar-refractivity contribution in [3.8, 4) is 11.4 Å². The van der Waals surface area contributed by atoms with Crippen molar-refractivity contribution < 1.29 is 17.6 Å². The largest absolute Gasteiger partial charge is 0.469 e. The highest BCUT2D eigenvalue weighted by molar-refractivity contribution is 8.00. The zero-order chi connectivity index (χ0) is 20.5. The van der Waals surface area contributed by atoms with Gasteiger partial charge in [-0.3, -0.25) is 9.36 Å². The van der Waals surface area contributed by atoms with Gasteiger partial charge in [0, 0.05) is 19.6 Å². The molecule has 0 spiro atoms. The lowest BCUT2D eigenvalue weighted by Gasteiger charge is -2.26. The number of rotatable bonds is 7. The Morgan fingerprint density at radius 1 is 1.54 bits per heavy atom. The van der Waals surface area contributed by atoms with Gasteiger partial charge in [0.05, 0.1) is 28.6 Å². The smallest absolute Gasteiger partial charge is 0.235 e. The first-order valence-electron chi connectivity index (χ1n) is 8.96. The molecule has 0 aromatic carbocycles. The number of furan rings is 1. The molecule has 10 heteroatoms. The zero-order valence-electron chi connectivity index (χ0n) is 16.2. The molecule has 1 fully saturated rings. The molecule has 28 heavy (non-hydrogen) atoms. The second-order valence-corrected chi connectivity index (χ2v) is 10.4. The number of carbonyl (C=O) groups is 1. The van der Waals surface area contributed by atoms with Crippen LogP contribution in [0.4, 0.5) is 0 Å². The van der Waals surface area contributed by atoms with Crippen molar-refractivity contribution in [2.75, 3.05) is 18.6 Å². The van der Waals surface area contributed by atoms with Gasteiger partial charge in [0.15, 0.2) is 20.8 Å². The summed E-state index contributed by atoms with van der Waals surface area (Å²) in [5, 5.41) is 8.70. The average molecular weight is 425 g/mol. The second kappa shape index (κ2) is 8.12. The number of hydrogen-bond donors (Lipinski definition) is 0. The van der Waals surface area contributed by atoms with E-state index in [4.69, 9.17) is 4.42 Å². The molecule has 3 rings (SSSR count). The minimum atomic E-state index is -3.05. The predicted octanol–water partition coefficient (Wildman–Crippen LogP) is 2.16. The SMILES string of the molecule is C=CCn1c(SC(C)C(=O)N(C)C2CCS(=O)(=O)C2)nnc1-c1ccoc1C. The van der Waals surface area contributed by atoms with E-state index in [-0.39, 0.29) is 23.5 Å². The summed E-state index contributed by atoms with van der Waals surface area (Å²) in [6.45, 7) is 7.93. The van der Waals surface area contributed by atoms with Crippen LogP contribution in [0.5, 0.6) is 0 Å². The molecule has 0 radical (unpaired) electrons. The topological polar surface area (TPSA) is 98.3 Å². The molecule has 1 saturated heterocycles. The minimum absolute atomic E-state index is 0.0309. The van der Waals surface area contributed by atoms with E-state index in [1.165, 1.54) is 11.8 Å². The lowest BCUT2D eigenvalue weighted by Crippen LogP contribution is -2.41. The molecule has 3 heterocycles. The highest BCUT2D eigenvalue weighted by Crippen LogP contribution is 2.30. The number of amides is 1. The monoisotopic (exact) mass is 424 g/mol. The van der Waals surface area contributed by atoms with Crippen molar-refractivity contribution in [2.24, 2.45) is 0 Å². The molecule has 2 atom stereocenters. The summed E-state index contributed by atoms with van der Waals surface area (Å²) >= 11 is 1.30. The van der Waals surface area contributed by atoms with Gasteiger partial charge < -0.3 is 9.32 Å². The van der Waals surface area contributed by atoms with Crippen LogP contribution in [0.25, 0.3) is 11.4 Å². The summed E-state index contributed by atoms with van der Waals surface area (Å²) < 4.78 is 30.7. The Kier molecular flexibility index (Phi) is 5.99. The highest BCUT2D eigenvalue weighted by Gasteiger charge is 2.34. The molecular weight excluding hydrogens is 400 g/mol. The van der Waals surface area contributed by atoms with Crippen LogP contribution < -0.4 is 0 Å². The zero-order valence-corrected chi connectivity index (χ0v) is 17.8. The normalized spacial score (nSPS) is 19.5. The fourth-order valence-electron chi connectivity index (χ4n) is 3.24. The summed E-state index contributed by atoms with van der Waals surface area (Å²) in [6, 6.07) is 1.56. The van der Waals surface area contributed by atoms with Crippen LogP contribution in [-0.4, -0.2) is 63.8 Å². The van der Waals surface area contributed by atoms with Crippen LogP contribution in [0.2, 0.25) is 0 Å². The van der Waals surface area contributed by atoms with E-state index >= 15 is 0 Å². The summed E-state index contributed by atoms with van der Waals surface area (Å²) in [5.41, 5.74) is 0.841. The lowest BCUT2D eigenvalue weighted by atomic mass is 10.2. The van der Waals surface area contributed by atoms with Crippen molar-refractivity contribution in [3.05, 3.63) is 30.7 Å². The van der Waals surface area contributed by atoms with Gasteiger partial charge in [-0.05, 0) is 26.3 Å². The molecule has 1 amide bonds. The van der Waals surface area contributed by atoms with Gasteiger partial charge in [-0.1, -0.05) is 17.8 Å². The molecule has 0 N–H and O–H groups in total. The molecule has 1 aliphatic rings. The summed E-state index contributed by atoms with van der Waals surface area (Å²) in [5.74, 6) is 1.44. The molecule has 152 valence electrons. The molecule has 2 aromatic rings. The van der Waals surface area contributed by atoms with E-state index in [2.05, 4.69) is 16.8 Å². The van der Waals surface area contributed by atoms with E-state index < -0.39 is 15.1 Å². The Morgan fingerprint density at radius 2 is 2.29 bits per heavy atom. The number of carbonyl (C=O) groups excluding carboxylic acids is 1. The Balaban J connectivity index is 1.77. The third kappa shape index (κ3) is 4.17. The molecule has 0 bridgehead atoms. The van der Waals surface area contributed by atoms with Crippen LogP contribution >= 0.6 is 11.8 Å². The fourth-order valence-corrected chi connectivity index (χ4v) is 5.98. The predicted molar refractivity (Wildman–Crippen MR) is 108 cm³/mol. The first-order chi connectivity index (χ1) is 13.2. The Bertz CT molecular complexity index is 980. The number of nitrogens with zero attached hydrogens (tertiary/aromatic N) is 4. The highest BCUT2D eigenvalue weighted by atomic mass is 32.2. The van der Waals surface area contributed by atoms with Gasteiger partial charge in [-0.25, -0.2) is 8.42 Å². The third-order valence-corrected chi connectivity index (χ3v) is 7.68. The number of aromatic nitrogens is 3. The van der Waals surface area contributed by atoms with Gasteiger partial charge in [0.2, 0.25) is 5.91 Å². The molecule has 2 aromatic heterocycles. The van der Waals surface area contributed by atoms with E-state index in [1.54, 1.807) is 31.2 Å². The van der Waals surface area contributed by atoms with E-state index in [9.17, 15) is 13.2 Å². The first-order valence-corrected chi connectivity index (χ1v) is 11.7. The van der Waals surface area contributed by atoms with E-state index in [0.29, 0.717) is 23.9 Å². The molecule has 0 saturated carbocycles. The quantitative estimate of drug-likeness (QED) is 0.496. The van der Waals surface area contributed by atoms with Gasteiger partial charge in [-0.15, -0.1) is 16.8 Å². The molecular formula is C18H24N4O4S2. The van der Waals surface area contributed by atoms with Crippen molar-refractivity contribution in [3.63, 3.8) is 0 Å². The van der Waals surface area contributed by atoms with Crippen LogP contribution in [0, 0.1) is 6.92 Å². The number of thioether (sulfide) groups is 1. The Labute approximate surface area is 168 Å². The van der Waals surface area contributed by atoms with E-state index in [1.807, 2.05) is 17.6 Å². The van der Waals surface area contributed by atoms with Gasteiger partial charge >= 0.3 is 0 Å². The van der Waals surface area contributed by atoms with Crippen molar-refractivity contribution in [2.45, 2.75) is 43.3 Å². The maximum absolute atomic E-state index is 12.8. The van der Waals surface area contributed by atoms with Crippen molar-refractivity contribution in [1.82, 2.24) is 19.7 Å². The van der Waals surface area contributed by atoms with Crippen LogP contribution in [0.1, 0.15) is 19.1 Å². The van der Waals surface area contributed by atoms with Crippen molar-refractivity contribution in [1.29, 1.82) is 0 Å². The minimum Gasteiger partial charge on any atom is -0.469 e. The lowest BCUT2D eigenvalue weighted by molar-refractivity contribution is -0.130. The van der Waals surface area contributed by atoms with Crippen LogP contribution in [-0.2, 0) is 21.2 Å². The van der Waals surface area contributed by atoms with E-state index in [0.717, 1.165) is 11.3 Å². The molecule has 1 aliphatic heterocycles. The Morgan fingerprint density at radius 3 is 2.86 bits per heavy atom. The molecule has 8 nitrogen and oxygen atoms in total. The van der Waals surface area contributed by atoms with Crippen LogP contribution in [0.15, 0.2) is 34.6 Å². The maximum atomic E-state index is 12.8. The summed E-state index contributed by atoms with van der Waals surface area (Å²) in [6.07, 6.45) is 3.83. The Hall–Kier alpha value is -2.07. The van der Waals surface area contributed by atoms with Crippen molar-refractivity contribution >= 4 is 27.5 Å². The standard InChI is InChI=1S/C18H24N4O4S2/c1-5-8-22-16(15-6-9-26-12(15)2)19-20-18(22)27-13(3)17(23)21(4)14-7-10-28(24,25)11-14/h5-6,9,13-14H,1,7-8,10-11H2,2-4H3. The van der Waals surface area contributed by atoms with Gasteiger partial charge in [-0.2, -0.15) is 0 Å². The number of aryl methyl sites for hydroxylation is 1. The molecule has 2 unspecified atom stereocenters. The third-order valence-electron chi connectivity index (χ3n) is 4.86. The first kappa shape index (κ1) is 20.7. The maximum Gasteiger partial charge on any atom is 0.235 e. The summed E-state index contributed by atoms with van der Waals surface area (Å²) in [7, 11) is -1.38. The molecule has 0 aliphatic carbocycles. The number of sulfone groups is 1. The number of hydrogen-bond acceptors (Lipinski definition) is 7.